The Kier molecular flexibility index (Phi) is 4.99. The molecule has 112 valence electrons. The van der Waals surface area contributed by atoms with Gasteiger partial charge in [0.25, 0.3) is 0 Å². The van der Waals surface area contributed by atoms with Crippen molar-refractivity contribution in [2.75, 3.05) is 6.54 Å². The van der Waals surface area contributed by atoms with Gasteiger partial charge in [-0.15, -0.1) is 0 Å². The summed E-state index contributed by atoms with van der Waals surface area (Å²) in [4.78, 5) is 11.4. The van der Waals surface area contributed by atoms with Crippen LogP contribution in [0.2, 0.25) is 0 Å². The zero-order chi connectivity index (χ0) is 15.5. The zero-order valence-electron chi connectivity index (χ0n) is 11.5. The molecule has 0 radical (unpaired) electrons. The van der Waals surface area contributed by atoms with Crippen LogP contribution in [-0.4, -0.2) is 18.2 Å². The van der Waals surface area contributed by atoms with E-state index in [1.807, 2.05) is 0 Å². The lowest BCUT2D eigenvalue weighted by Gasteiger charge is -2.21. The Morgan fingerprint density at radius 2 is 1.85 bits per heavy atom. The third-order valence-corrected chi connectivity index (χ3v) is 2.32. The predicted molar refractivity (Wildman–Crippen MR) is 67.5 cm³/mol. The van der Waals surface area contributed by atoms with E-state index < -0.39 is 40.8 Å². The van der Waals surface area contributed by atoms with Crippen molar-refractivity contribution in [3.63, 3.8) is 0 Å². The van der Waals surface area contributed by atoms with Crippen LogP contribution in [0, 0.1) is 17.5 Å². The molecule has 0 saturated carbocycles. The minimum absolute atomic E-state index is 0.286. The molecule has 0 aliphatic heterocycles. The summed E-state index contributed by atoms with van der Waals surface area (Å²) in [5.74, 6) is -3.53. The van der Waals surface area contributed by atoms with Gasteiger partial charge in [0, 0.05) is 12.1 Å². The lowest BCUT2D eigenvalue weighted by atomic mass is 10.1. The number of ether oxygens (including phenoxy) is 1. The number of rotatable bonds is 3. The number of carbonyl (C=O) groups excluding carboxylic acids is 1. The summed E-state index contributed by atoms with van der Waals surface area (Å²) in [6.07, 6.45) is -0.773. The normalized spacial score (nSPS) is 12.9. The first-order valence-electron chi connectivity index (χ1n) is 5.97. The largest absolute Gasteiger partial charge is 0.444 e. The van der Waals surface area contributed by atoms with E-state index in [1.165, 1.54) is 0 Å². The van der Waals surface area contributed by atoms with E-state index >= 15 is 0 Å². The van der Waals surface area contributed by atoms with Gasteiger partial charge in [-0.2, -0.15) is 0 Å². The molecule has 0 heterocycles. The van der Waals surface area contributed by atoms with Gasteiger partial charge in [-0.3, -0.25) is 0 Å². The summed E-state index contributed by atoms with van der Waals surface area (Å²) >= 11 is 0. The molecule has 1 atom stereocenters. The highest BCUT2D eigenvalue weighted by atomic mass is 19.2. The van der Waals surface area contributed by atoms with Gasteiger partial charge in [0.1, 0.15) is 11.4 Å². The topological polar surface area (TPSA) is 64.3 Å². The van der Waals surface area contributed by atoms with E-state index in [0.717, 1.165) is 6.07 Å². The van der Waals surface area contributed by atoms with E-state index in [1.54, 1.807) is 20.8 Å². The van der Waals surface area contributed by atoms with Crippen molar-refractivity contribution in [3.05, 3.63) is 35.1 Å². The summed E-state index contributed by atoms with van der Waals surface area (Å²) in [6.45, 7) is 4.71. The number of carbonyl (C=O) groups is 1. The van der Waals surface area contributed by atoms with Gasteiger partial charge in [0.2, 0.25) is 0 Å². The molecule has 0 aromatic heterocycles. The molecule has 7 heteroatoms. The lowest BCUT2D eigenvalue weighted by Crippen LogP contribution is -2.37. The van der Waals surface area contributed by atoms with Crippen molar-refractivity contribution in [1.82, 2.24) is 5.32 Å². The number of hydrogen-bond acceptors (Lipinski definition) is 3. The van der Waals surface area contributed by atoms with Crippen LogP contribution < -0.4 is 11.1 Å². The quantitative estimate of drug-likeness (QED) is 0.841. The van der Waals surface area contributed by atoms with Crippen molar-refractivity contribution in [2.24, 2.45) is 5.73 Å². The van der Waals surface area contributed by atoms with Crippen LogP contribution >= 0.6 is 0 Å². The molecule has 3 N–H and O–H groups in total. The van der Waals surface area contributed by atoms with E-state index in [4.69, 9.17) is 10.5 Å². The van der Waals surface area contributed by atoms with Gasteiger partial charge < -0.3 is 15.8 Å². The fourth-order valence-corrected chi connectivity index (χ4v) is 1.49. The molecule has 0 aliphatic carbocycles. The summed E-state index contributed by atoms with van der Waals surface area (Å²) in [6, 6.07) is 0.224. The third-order valence-electron chi connectivity index (χ3n) is 2.32. The fraction of sp³-hybridized carbons (Fsp3) is 0.462. The maximum atomic E-state index is 13.5. The molecule has 1 rings (SSSR count). The minimum atomic E-state index is -1.36. The molecule has 1 aromatic carbocycles. The Morgan fingerprint density at radius 1 is 1.30 bits per heavy atom. The molecule has 20 heavy (non-hydrogen) atoms. The van der Waals surface area contributed by atoms with Crippen LogP contribution in [-0.2, 0) is 4.74 Å². The standard InChI is InChI=1S/C13H17F3N2O2/c1-13(2,3)20-12(19)18-6-9(17)10-7(14)4-5-8(15)11(10)16/h4-5,9H,6,17H2,1-3H3,(H,18,19). The highest BCUT2D eigenvalue weighted by Crippen LogP contribution is 2.21. The van der Waals surface area contributed by atoms with Crippen LogP contribution in [0.4, 0.5) is 18.0 Å². The first-order valence-corrected chi connectivity index (χ1v) is 5.97. The van der Waals surface area contributed by atoms with E-state index in [-0.39, 0.29) is 6.54 Å². The van der Waals surface area contributed by atoms with Gasteiger partial charge >= 0.3 is 6.09 Å². The second kappa shape index (κ2) is 6.13. The first-order chi connectivity index (χ1) is 9.11. The van der Waals surface area contributed by atoms with Crippen molar-refractivity contribution < 1.29 is 22.7 Å². The molecule has 0 bridgehead atoms. The number of benzene rings is 1. The van der Waals surface area contributed by atoms with Gasteiger partial charge in [-0.25, -0.2) is 18.0 Å². The number of alkyl carbamates (subject to hydrolysis) is 1. The maximum Gasteiger partial charge on any atom is 0.407 e. The Labute approximate surface area is 115 Å². The van der Waals surface area contributed by atoms with E-state index in [9.17, 15) is 18.0 Å². The van der Waals surface area contributed by atoms with Crippen LogP contribution in [0.25, 0.3) is 0 Å². The molecule has 4 nitrogen and oxygen atoms in total. The highest BCUT2D eigenvalue weighted by molar-refractivity contribution is 5.67. The summed E-state index contributed by atoms with van der Waals surface area (Å²) in [5, 5.41) is 2.27. The van der Waals surface area contributed by atoms with Crippen molar-refractivity contribution in [3.8, 4) is 0 Å². The Bertz CT molecular complexity index is 501. The minimum Gasteiger partial charge on any atom is -0.444 e. The van der Waals surface area contributed by atoms with Crippen LogP contribution in [0.5, 0.6) is 0 Å². The highest BCUT2D eigenvalue weighted by Gasteiger charge is 2.22. The predicted octanol–water partition coefficient (Wildman–Crippen LogP) is 2.63. The molecular weight excluding hydrogens is 273 g/mol. The molecule has 0 fully saturated rings. The van der Waals surface area contributed by atoms with Gasteiger partial charge in [0.05, 0.1) is 6.04 Å². The van der Waals surface area contributed by atoms with E-state index in [0.29, 0.717) is 6.07 Å². The third kappa shape index (κ3) is 4.41. The summed E-state index contributed by atoms with van der Waals surface area (Å²) in [5.41, 5.74) is 4.25. The second-order valence-corrected chi connectivity index (χ2v) is 5.25. The molecule has 1 aromatic rings. The number of amides is 1. The molecule has 0 spiro atoms. The average Bonchev–Trinajstić information content (AvgIpc) is 2.30. The lowest BCUT2D eigenvalue weighted by molar-refractivity contribution is 0.0524. The fourth-order valence-electron chi connectivity index (χ4n) is 1.49. The monoisotopic (exact) mass is 290 g/mol. The van der Waals surface area contributed by atoms with E-state index in [2.05, 4.69) is 5.32 Å². The van der Waals surface area contributed by atoms with Crippen LogP contribution in [0.1, 0.15) is 32.4 Å². The van der Waals surface area contributed by atoms with Crippen LogP contribution in [0.15, 0.2) is 12.1 Å². The number of nitrogens with two attached hydrogens (primary N) is 1. The van der Waals surface area contributed by atoms with Gasteiger partial charge in [-0.1, -0.05) is 0 Å². The van der Waals surface area contributed by atoms with Gasteiger partial charge in [0.15, 0.2) is 11.6 Å². The molecular formula is C13H17F3N2O2. The summed E-state index contributed by atoms with van der Waals surface area (Å²) < 4.78 is 44.9. The van der Waals surface area contributed by atoms with Gasteiger partial charge in [-0.05, 0) is 32.9 Å². The van der Waals surface area contributed by atoms with Crippen LogP contribution in [0.3, 0.4) is 0 Å². The molecule has 1 unspecified atom stereocenters. The first kappa shape index (κ1) is 16.3. The average molecular weight is 290 g/mol. The smallest absolute Gasteiger partial charge is 0.407 e. The van der Waals surface area contributed by atoms with Crippen molar-refractivity contribution >= 4 is 6.09 Å². The number of hydrogen-bond donors (Lipinski definition) is 2. The van der Waals surface area contributed by atoms with Crippen molar-refractivity contribution in [2.45, 2.75) is 32.4 Å². The molecule has 1 amide bonds. The maximum absolute atomic E-state index is 13.5. The summed E-state index contributed by atoms with van der Waals surface area (Å²) in [7, 11) is 0. The Balaban J connectivity index is 2.71. The Morgan fingerprint density at radius 3 is 2.40 bits per heavy atom. The number of halogens is 3. The zero-order valence-corrected chi connectivity index (χ0v) is 11.5. The van der Waals surface area contributed by atoms with Crippen molar-refractivity contribution in [1.29, 1.82) is 0 Å². The second-order valence-electron chi connectivity index (χ2n) is 5.25. The molecule has 0 saturated heterocycles. The SMILES string of the molecule is CC(C)(C)OC(=O)NCC(N)c1c(F)ccc(F)c1F. The molecule has 0 aliphatic rings. The Hall–Kier alpha value is -1.76. The number of nitrogens with one attached hydrogen (secondary N) is 1.